The lowest BCUT2D eigenvalue weighted by Crippen LogP contribution is -2.35. The van der Waals surface area contributed by atoms with Crippen molar-refractivity contribution in [3.8, 4) is 0 Å². The Morgan fingerprint density at radius 1 is 1.37 bits per heavy atom. The molecule has 0 atom stereocenters. The zero-order valence-corrected chi connectivity index (χ0v) is 12.8. The van der Waals surface area contributed by atoms with Crippen molar-refractivity contribution in [2.75, 3.05) is 0 Å². The Morgan fingerprint density at radius 3 is 2.79 bits per heavy atom. The van der Waals surface area contributed by atoms with Crippen molar-refractivity contribution in [2.24, 2.45) is 0 Å². The first kappa shape index (κ1) is 14.4. The molecule has 0 aliphatic carbocycles. The third-order valence-corrected chi connectivity index (χ3v) is 3.66. The highest BCUT2D eigenvalue weighted by atomic mass is 35.5. The van der Waals surface area contributed by atoms with Crippen molar-refractivity contribution in [3.63, 3.8) is 0 Å². The van der Waals surface area contributed by atoms with Crippen LogP contribution < -0.4 is 5.32 Å². The minimum Gasteiger partial charge on any atom is -0.440 e. The molecule has 1 N–H and O–H groups in total. The van der Waals surface area contributed by atoms with Crippen LogP contribution in [0, 0.1) is 0 Å². The van der Waals surface area contributed by atoms with Gasteiger partial charge in [0.1, 0.15) is 6.26 Å². The van der Waals surface area contributed by atoms with E-state index in [9.17, 15) is 0 Å². The highest BCUT2D eigenvalue weighted by Gasteiger charge is 2.12. The normalized spacial score (nSPS) is 11.8. The average Bonchev–Trinajstić information content (AvgIpc) is 2.79. The first-order valence-electron chi connectivity index (χ1n) is 6.05. The Bertz CT molecular complexity index is 535. The molecule has 0 unspecified atom stereocenters. The topological polar surface area (TPSA) is 38.1 Å². The minimum absolute atomic E-state index is 0.0739. The summed E-state index contributed by atoms with van der Waals surface area (Å²) in [6.07, 6.45) is 3.21. The van der Waals surface area contributed by atoms with Crippen molar-refractivity contribution >= 4 is 23.4 Å². The summed E-state index contributed by atoms with van der Waals surface area (Å²) < 4.78 is 5.27. The van der Waals surface area contributed by atoms with Gasteiger partial charge in [-0.3, -0.25) is 0 Å². The second-order valence-corrected chi connectivity index (χ2v) is 6.69. The van der Waals surface area contributed by atoms with Crippen LogP contribution in [0.2, 0.25) is 5.02 Å². The molecule has 0 saturated heterocycles. The molecule has 2 rings (SSSR count). The number of benzene rings is 1. The van der Waals surface area contributed by atoms with E-state index in [4.69, 9.17) is 16.0 Å². The van der Waals surface area contributed by atoms with Gasteiger partial charge in [0.15, 0.2) is 0 Å². The van der Waals surface area contributed by atoms with Crippen LogP contribution in [0.1, 0.15) is 26.3 Å². The molecule has 5 heteroatoms. The molecule has 0 radical (unpaired) electrons. The number of halogens is 1. The van der Waals surface area contributed by atoms with E-state index < -0.39 is 0 Å². The Labute approximate surface area is 122 Å². The lowest BCUT2D eigenvalue weighted by molar-refractivity contribution is 0.422. The number of hydrogen-bond donors (Lipinski definition) is 1. The molecular formula is C14H17ClN2OS. The molecule has 0 saturated carbocycles. The van der Waals surface area contributed by atoms with Crippen molar-refractivity contribution in [3.05, 3.63) is 41.2 Å². The fourth-order valence-electron chi connectivity index (χ4n) is 1.48. The first-order valence-corrected chi connectivity index (χ1v) is 7.24. The minimum atomic E-state index is 0.0739. The lowest BCUT2D eigenvalue weighted by atomic mass is 10.1. The smallest absolute Gasteiger partial charge is 0.260 e. The van der Waals surface area contributed by atoms with Crippen LogP contribution in [0.3, 0.4) is 0 Å². The first-order chi connectivity index (χ1) is 8.94. The molecule has 1 aromatic heterocycles. The van der Waals surface area contributed by atoms with Gasteiger partial charge < -0.3 is 9.73 Å². The second kappa shape index (κ2) is 5.99. The van der Waals surface area contributed by atoms with Crippen molar-refractivity contribution in [2.45, 2.75) is 43.0 Å². The maximum absolute atomic E-state index is 6.06. The van der Waals surface area contributed by atoms with Gasteiger partial charge in [-0.05, 0) is 50.2 Å². The van der Waals surface area contributed by atoms with Gasteiger partial charge in [0, 0.05) is 22.0 Å². The molecule has 0 spiro atoms. The zero-order valence-electron chi connectivity index (χ0n) is 11.2. The summed E-state index contributed by atoms with van der Waals surface area (Å²) in [5.74, 6) is 0. The van der Waals surface area contributed by atoms with E-state index in [1.807, 2.05) is 18.2 Å². The highest BCUT2D eigenvalue weighted by Crippen LogP contribution is 2.31. The van der Waals surface area contributed by atoms with E-state index in [0.29, 0.717) is 10.2 Å². The van der Waals surface area contributed by atoms with Crippen LogP contribution in [-0.4, -0.2) is 10.5 Å². The fraction of sp³-hybridized carbons (Fsp3) is 0.357. The zero-order chi connectivity index (χ0) is 13.9. The third kappa shape index (κ3) is 4.56. The van der Waals surface area contributed by atoms with Crippen LogP contribution in [0.25, 0.3) is 0 Å². The number of hydrogen-bond acceptors (Lipinski definition) is 4. The third-order valence-electron chi connectivity index (χ3n) is 2.45. The standard InChI is InChI=1S/C14H17ClN2OS/c1-14(2,3)17-9-10-4-5-11(15)8-12(10)19-13-16-6-7-18-13/h4-8,17H,9H2,1-3H3. The van der Waals surface area contributed by atoms with Gasteiger partial charge in [0.2, 0.25) is 0 Å². The second-order valence-electron chi connectivity index (χ2n) is 5.26. The predicted molar refractivity (Wildman–Crippen MR) is 78.7 cm³/mol. The van der Waals surface area contributed by atoms with E-state index >= 15 is 0 Å². The monoisotopic (exact) mass is 296 g/mol. The molecule has 0 aliphatic rings. The molecule has 2 aromatic rings. The largest absolute Gasteiger partial charge is 0.440 e. The molecule has 0 fully saturated rings. The Kier molecular flexibility index (Phi) is 4.55. The van der Waals surface area contributed by atoms with E-state index in [1.165, 1.54) is 17.3 Å². The van der Waals surface area contributed by atoms with Gasteiger partial charge >= 0.3 is 0 Å². The number of oxazole rings is 1. The molecule has 1 aromatic carbocycles. The van der Waals surface area contributed by atoms with Crippen molar-refractivity contribution in [1.29, 1.82) is 0 Å². The highest BCUT2D eigenvalue weighted by molar-refractivity contribution is 7.99. The molecule has 1 heterocycles. The number of nitrogens with one attached hydrogen (secondary N) is 1. The summed E-state index contributed by atoms with van der Waals surface area (Å²) in [4.78, 5) is 5.19. The molecule has 3 nitrogen and oxygen atoms in total. The van der Waals surface area contributed by atoms with Gasteiger partial charge in [-0.25, -0.2) is 4.98 Å². The SMILES string of the molecule is CC(C)(C)NCc1ccc(Cl)cc1Sc1ncco1. The summed E-state index contributed by atoms with van der Waals surface area (Å²) >= 11 is 7.55. The summed E-state index contributed by atoms with van der Waals surface area (Å²) in [5.41, 5.74) is 1.26. The fourth-order valence-corrected chi connectivity index (χ4v) is 2.58. The van der Waals surface area contributed by atoms with Gasteiger partial charge in [-0.2, -0.15) is 0 Å². The van der Waals surface area contributed by atoms with Crippen LogP contribution in [0.5, 0.6) is 0 Å². The predicted octanol–water partition coefficient (Wildman–Crippen LogP) is 4.37. The van der Waals surface area contributed by atoms with Crippen LogP contribution in [0.4, 0.5) is 0 Å². The Morgan fingerprint density at radius 2 is 2.16 bits per heavy atom. The lowest BCUT2D eigenvalue weighted by Gasteiger charge is -2.21. The summed E-state index contributed by atoms with van der Waals surface area (Å²) in [5, 5.41) is 4.81. The van der Waals surface area contributed by atoms with Gasteiger partial charge in [-0.1, -0.05) is 17.7 Å². The molecule has 19 heavy (non-hydrogen) atoms. The van der Waals surface area contributed by atoms with E-state index in [-0.39, 0.29) is 5.54 Å². The Hall–Kier alpha value is -0.970. The quantitative estimate of drug-likeness (QED) is 0.909. The maximum Gasteiger partial charge on any atom is 0.260 e. The summed E-state index contributed by atoms with van der Waals surface area (Å²) in [7, 11) is 0. The van der Waals surface area contributed by atoms with Gasteiger partial charge in [-0.15, -0.1) is 0 Å². The van der Waals surface area contributed by atoms with Crippen molar-refractivity contribution in [1.82, 2.24) is 10.3 Å². The van der Waals surface area contributed by atoms with Crippen LogP contribution >= 0.6 is 23.4 Å². The van der Waals surface area contributed by atoms with E-state index in [0.717, 1.165) is 11.4 Å². The molecule has 102 valence electrons. The maximum atomic E-state index is 6.06. The van der Waals surface area contributed by atoms with Crippen LogP contribution in [-0.2, 0) is 6.54 Å². The van der Waals surface area contributed by atoms with E-state index in [2.05, 4.69) is 31.1 Å². The number of nitrogens with zero attached hydrogens (tertiary/aromatic N) is 1. The van der Waals surface area contributed by atoms with Gasteiger partial charge in [0.25, 0.3) is 5.22 Å². The van der Waals surface area contributed by atoms with Crippen LogP contribution in [0.15, 0.2) is 45.2 Å². The molecular weight excluding hydrogens is 280 g/mol. The number of aromatic nitrogens is 1. The average molecular weight is 297 g/mol. The van der Waals surface area contributed by atoms with Gasteiger partial charge in [0.05, 0.1) is 6.20 Å². The summed E-state index contributed by atoms with van der Waals surface area (Å²) in [6, 6.07) is 5.88. The number of rotatable bonds is 4. The Balaban J connectivity index is 2.18. The molecule has 0 amide bonds. The van der Waals surface area contributed by atoms with E-state index in [1.54, 1.807) is 12.5 Å². The molecule has 0 bridgehead atoms. The van der Waals surface area contributed by atoms with Crippen molar-refractivity contribution < 1.29 is 4.42 Å². The summed E-state index contributed by atoms with van der Waals surface area (Å²) in [6.45, 7) is 7.21. The molecule has 0 aliphatic heterocycles.